The normalized spacial score (nSPS) is 10.8. The minimum atomic E-state index is 0.00101. The van der Waals surface area contributed by atoms with Crippen LogP contribution in [0.15, 0.2) is 48.5 Å². The first-order valence-corrected chi connectivity index (χ1v) is 6.17. The molecule has 3 aromatic carbocycles. The van der Waals surface area contributed by atoms with E-state index in [0.29, 0.717) is 22.5 Å². The molecule has 20 heavy (non-hydrogen) atoms. The van der Waals surface area contributed by atoms with E-state index >= 15 is 0 Å². The molecule has 0 saturated carbocycles. The van der Waals surface area contributed by atoms with Gasteiger partial charge >= 0.3 is 0 Å². The molecule has 0 aromatic heterocycles. The lowest BCUT2D eigenvalue weighted by Crippen LogP contribution is -1.94. The molecule has 3 rings (SSSR count). The summed E-state index contributed by atoms with van der Waals surface area (Å²) in [4.78, 5) is 0. The van der Waals surface area contributed by atoms with Crippen LogP contribution in [0.5, 0.6) is 11.5 Å². The summed E-state index contributed by atoms with van der Waals surface area (Å²) in [5, 5.41) is 21.5. The standard InChI is InChI=1S/C16H14N2O2/c17-13-8-10(19)5-6-12(13)15-11-4-2-1-3-9(11)7-14(18)16(15)20/h1-8,19-20H,17-18H2. The number of phenolic OH excluding ortho intramolecular Hbond substituents is 2. The van der Waals surface area contributed by atoms with E-state index in [1.807, 2.05) is 24.3 Å². The second kappa shape index (κ2) is 4.35. The van der Waals surface area contributed by atoms with Crippen LogP contribution in [0.3, 0.4) is 0 Å². The Morgan fingerprint density at radius 3 is 2.30 bits per heavy atom. The summed E-state index contributed by atoms with van der Waals surface area (Å²) in [7, 11) is 0. The number of fused-ring (bicyclic) bond motifs is 1. The van der Waals surface area contributed by atoms with E-state index in [9.17, 15) is 10.2 Å². The Balaban J connectivity index is 2.43. The maximum Gasteiger partial charge on any atom is 0.147 e. The quantitative estimate of drug-likeness (QED) is 0.402. The summed E-state index contributed by atoms with van der Waals surface area (Å²) < 4.78 is 0. The highest BCUT2D eigenvalue weighted by molar-refractivity contribution is 6.05. The summed E-state index contributed by atoms with van der Waals surface area (Å²) in [5.74, 6) is 0.0834. The largest absolute Gasteiger partial charge is 0.508 e. The second-order valence-electron chi connectivity index (χ2n) is 4.68. The van der Waals surface area contributed by atoms with Crippen molar-refractivity contribution in [3.8, 4) is 22.6 Å². The molecule has 0 radical (unpaired) electrons. The average molecular weight is 266 g/mol. The van der Waals surface area contributed by atoms with E-state index < -0.39 is 0 Å². The molecule has 0 bridgehead atoms. The summed E-state index contributed by atoms with van der Waals surface area (Å²) in [6.45, 7) is 0. The van der Waals surface area contributed by atoms with Gasteiger partial charge in [-0.2, -0.15) is 0 Å². The molecule has 0 amide bonds. The molecule has 3 aromatic rings. The lowest BCUT2D eigenvalue weighted by atomic mass is 9.95. The zero-order chi connectivity index (χ0) is 14.3. The first-order chi connectivity index (χ1) is 9.58. The lowest BCUT2D eigenvalue weighted by molar-refractivity contribution is 0.475. The van der Waals surface area contributed by atoms with Gasteiger partial charge in [-0.15, -0.1) is 0 Å². The Kier molecular flexibility index (Phi) is 2.64. The third kappa shape index (κ3) is 1.78. The van der Waals surface area contributed by atoms with Gasteiger partial charge in [0.25, 0.3) is 0 Å². The fourth-order valence-corrected chi connectivity index (χ4v) is 2.41. The molecule has 0 aliphatic carbocycles. The molecule has 0 spiro atoms. The van der Waals surface area contributed by atoms with Crippen molar-refractivity contribution >= 4 is 22.1 Å². The van der Waals surface area contributed by atoms with Gasteiger partial charge in [-0.3, -0.25) is 0 Å². The number of benzene rings is 3. The molecule has 6 N–H and O–H groups in total. The molecule has 4 heteroatoms. The number of nitrogen functional groups attached to an aromatic ring is 2. The van der Waals surface area contributed by atoms with Crippen LogP contribution in [-0.4, -0.2) is 10.2 Å². The summed E-state index contributed by atoms with van der Waals surface area (Å²) in [5.41, 5.74) is 13.7. The van der Waals surface area contributed by atoms with Crippen molar-refractivity contribution in [3.05, 3.63) is 48.5 Å². The molecule has 0 fully saturated rings. The van der Waals surface area contributed by atoms with Crippen molar-refractivity contribution in [1.82, 2.24) is 0 Å². The number of nitrogens with two attached hydrogens (primary N) is 2. The van der Waals surface area contributed by atoms with Gasteiger partial charge in [0.1, 0.15) is 11.5 Å². The minimum absolute atomic E-state index is 0.00101. The molecular weight excluding hydrogens is 252 g/mol. The number of phenols is 2. The summed E-state index contributed by atoms with van der Waals surface area (Å²) in [6.07, 6.45) is 0. The van der Waals surface area contributed by atoms with Crippen molar-refractivity contribution in [3.63, 3.8) is 0 Å². The molecule has 0 saturated heterocycles. The molecule has 4 nitrogen and oxygen atoms in total. The van der Waals surface area contributed by atoms with Gasteiger partial charge in [0.2, 0.25) is 0 Å². The fraction of sp³-hybridized carbons (Fsp3) is 0. The monoisotopic (exact) mass is 266 g/mol. The predicted molar refractivity (Wildman–Crippen MR) is 81.5 cm³/mol. The van der Waals surface area contributed by atoms with Crippen LogP contribution in [-0.2, 0) is 0 Å². The topological polar surface area (TPSA) is 92.5 Å². The number of hydrogen-bond acceptors (Lipinski definition) is 4. The Morgan fingerprint density at radius 1 is 0.800 bits per heavy atom. The van der Waals surface area contributed by atoms with Crippen molar-refractivity contribution in [2.24, 2.45) is 0 Å². The number of hydrogen-bond donors (Lipinski definition) is 4. The van der Waals surface area contributed by atoms with Gasteiger partial charge in [0.05, 0.1) is 5.69 Å². The van der Waals surface area contributed by atoms with Gasteiger partial charge in [-0.1, -0.05) is 24.3 Å². The van der Waals surface area contributed by atoms with Crippen LogP contribution >= 0.6 is 0 Å². The Labute approximate surface area is 115 Å². The van der Waals surface area contributed by atoms with Gasteiger partial charge in [-0.25, -0.2) is 0 Å². The highest BCUT2D eigenvalue weighted by atomic mass is 16.3. The lowest BCUT2D eigenvalue weighted by Gasteiger charge is -2.14. The predicted octanol–water partition coefficient (Wildman–Crippen LogP) is 3.08. The average Bonchev–Trinajstić information content (AvgIpc) is 2.42. The van der Waals surface area contributed by atoms with E-state index in [0.717, 1.165) is 10.8 Å². The van der Waals surface area contributed by atoms with Crippen molar-refractivity contribution in [2.75, 3.05) is 11.5 Å². The zero-order valence-corrected chi connectivity index (χ0v) is 10.7. The van der Waals surface area contributed by atoms with E-state index in [4.69, 9.17) is 11.5 Å². The Hall–Kier alpha value is -2.88. The van der Waals surface area contributed by atoms with Crippen LogP contribution < -0.4 is 11.5 Å². The van der Waals surface area contributed by atoms with E-state index in [-0.39, 0.29) is 11.5 Å². The molecule has 0 heterocycles. The highest BCUT2D eigenvalue weighted by Crippen LogP contribution is 2.43. The number of aromatic hydroxyl groups is 2. The smallest absolute Gasteiger partial charge is 0.147 e. The van der Waals surface area contributed by atoms with Crippen molar-refractivity contribution < 1.29 is 10.2 Å². The van der Waals surface area contributed by atoms with Gasteiger partial charge < -0.3 is 21.7 Å². The highest BCUT2D eigenvalue weighted by Gasteiger charge is 2.15. The van der Waals surface area contributed by atoms with E-state index in [1.54, 1.807) is 12.1 Å². The van der Waals surface area contributed by atoms with Crippen LogP contribution in [0.2, 0.25) is 0 Å². The fourth-order valence-electron chi connectivity index (χ4n) is 2.41. The third-order valence-electron chi connectivity index (χ3n) is 3.36. The van der Waals surface area contributed by atoms with Gasteiger partial charge in [0, 0.05) is 22.9 Å². The molecule has 0 aliphatic rings. The van der Waals surface area contributed by atoms with Crippen LogP contribution in [0, 0.1) is 0 Å². The summed E-state index contributed by atoms with van der Waals surface area (Å²) >= 11 is 0. The third-order valence-corrected chi connectivity index (χ3v) is 3.36. The SMILES string of the molecule is Nc1cc(O)ccc1-c1c(O)c(N)cc2ccccc12. The summed E-state index contributed by atoms with van der Waals surface area (Å²) in [6, 6.07) is 14.0. The Bertz CT molecular complexity index is 813. The maximum atomic E-state index is 10.3. The van der Waals surface area contributed by atoms with Crippen molar-refractivity contribution in [2.45, 2.75) is 0 Å². The first kappa shape index (κ1) is 12.2. The second-order valence-corrected chi connectivity index (χ2v) is 4.68. The molecule has 100 valence electrons. The van der Waals surface area contributed by atoms with Crippen LogP contribution in [0.4, 0.5) is 11.4 Å². The van der Waals surface area contributed by atoms with Gasteiger partial charge in [-0.05, 0) is 29.0 Å². The number of anilines is 2. The first-order valence-electron chi connectivity index (χ1n) is 6.17. The zero-order valence-electron chi connectivity index (χ0n) is 10.7. The molecular formula is C16H14N2O2. The Morgan fingerprint density at radius 2 is 1.55 bits per heavy atom. The van der Waals surface area contributed by atoms with Crippen molar-refractivity contribution in [1.29, 1.82) is 0 Å². The van der Waals surface area contributed by atoms with Gasteiger partial charge in [0.15, 0.2) is 0 Å². The molecule has 0 unspecified atom stereocenters. The molecule has 0 aliphatic heterocycles. The van der Waals surface area contributed by atoms with E-state index in [1.165, 1.54) is 12.1 Å². The van der Waals surface area contributed by atoms with Crippen LogP contribution in [0.25, 0.3) is 21.9 Å². The number of rotatable bonds is 1. The van der Waals surface area contributed by atoms with E-state index in [2.05, 4.69) is 0 Å². The maximum absolute atomic E-state index is 10.3. The minimum Gasteiger partial charge on any atom is -0.508 e. The molecule has 0 atom stereocenters. The van der Waals surface area contributed by atoms with Crippen LogP contribution in [0.1, 0.15) is 0 Å².